The zero-order valence-corrected chi connectivity index (χ0v) is 16.5. The van der Waals surface area contributed by atoms with Crippen molar-refractivity contribution in [2.24, 2.45) is 0 Å². The van der Waals surface area contributed by atoms with Gasteiger partial charge in [-0.05, 0) is 37.3 Å². The first-order chi connectivity index (χ1) is 12.3. The molecule has 8 heteroatoms. The number of quaternary nitrogens is 1. The molecular weight excluding hydrogens is 397 g/mol. The Morgan fingerprint density at radius 2 is 1.65 bits per heavy atom. The van der Waals surface area contributed by atoms with Gasteiger partial charge in [-0.2, -0.15) is 0 Å². The maximum Gasteiger partial charge on any atom is 0.282 e. The number of para-hydroxylation sites is 1. The number of hydrogen-bond acceptors (Lipinski definition) is 2. The zero-order valence-electron chi connectivity index (χ0n) is 14.3. The quantitative estimate of drug-likeness (QED) is 0.679. The molecule has 0 fully saturated rings. The summed E-state index contributed by atoms with van der Waals surface area (Å²) in [6.45, 7) is 1.83. The van der Waals surface area contributed by atoms with E-state index in [-0.39, 0.29) is 18.4 Å². The van der Waals surface area contributed by atoms with Gasteiger partial charge < -0.3 is 15.5 Å². The molecule has 2 aromatic carbocycles. The second kappa shape index (κ2) is 9.24. The van der Waals surface area contributed by atoms with E-state index in [4.69, 9.17) is 34.8 Å². The summed E-state index contributed by atoms with van der Waals surface area (Å²) in [6.07, 6.45) is 0. The van der Waals surface area contributed by atoms with Crippen molar-refractivity contribution >= 4 is 58.0 Å². The lowest BCUT2D eigenvalue weighted by molar-refractivity contribution is -0.885. The summed E-state index contributed by atoms with van der Waals surface area (Å²) in [4.78, 5) is 25.3. The Labute approximate surface area is 167 Å². The second-order valence-corrected chi connectivity index (χ2v) is 7.14. The minimum atomic E-state index is -0.484. The third-order valence-electron chi connectivity index (χ3n) is 3.91. The molecule has 1 unspecified atom stereocenters. The summed E-state index contributed by atoms with van der Waals surface area (Å²) < 4.78 is 0. The molecule has 0 aliphatic heterocycles. The van der Waals surface area contributed by atoms with Gasteiger partial charge in [0.05, 0.1) is 28.5 Å². The smallest absolute Gasteiger partial charge is 0.282 e. The molecule has 0 heterocycles. The van der Waals surface area contributed by atoms with Gasteiger partial charge in [-0.25, -0.2) is 0 Å². The van der Waals surface area contributed by atoms with Crippen LogP contribution in [0.4, 0.5) is 11.4 Å². The maximum absolute atomic E-state index is 12.4. The average Bonchev–Trinajstić information content (AvgIpc) is 2.59. The highest BCUT2D eigenvalue weighted by Gasteiger charge is 2.24. The number of anilines is 2. The van der Waals surface area contributed by atoms with Crippen LogP contribution in [-0.2, 0) is 9.59 Å². The number of halogens is 3. The van der Waals surface area contributed by atoms with Crippen molar-refractivity contribution in [3.63, 3.8) is 0 Å². The molecule has 2 aromatic rings. The van der Waals surface area contributed by atoms with E-state index in [0.29, 0.717) is 31.3 Å². The number of amides is 2. The molecule has 0 aliphatic rings. The van der Waals surface area contributed by atoms with Crippen LogP contribution in [0.25, 0.3) is 0 Å². The van der Waals surface area contributed by atoms with Crippen LogP contribution in [-0.4, -0.2) is 31.4 Å². The van der Waals surface area contributed by atoms with Gasteiger partial charge in [0, 0.05) is 5.02 Å². The summed E-state index contributed by atoms with van der Waals surface area (Å²) >= 11 is 18.0. The minimum absolute atomic E-state index is 0.100. The molecule has 0 aliphatic carbocycles. The molecule has 2 rings (SSSR count). The van der Waals surface area contributed by atoms with Crippen molar-refractivity contribution < 1.29 is 14.5 Å². The lowest BCUT2D eigenvalue weighted by Gasteiger charge is -2.21. The molecule has 3 N–H and O–H groups in total. The zero-order chi connectivity index (χ0) is 19.3. The molecule has 0 aromatic heterocycles. The Morgan fingerprint density at radius 1 is 1.00 bits per heavy atom. The summed E-state index contributed by atoms with van der Waals surface area (Å²) in [5.41, 5.74) is 0.971. The molecule has 0 saturated heterocycles. The van der Waals surface area contributed by atoms with Crippen molar-refractivity contribution in [2.45, 2.75) is 13.0 Å². The number of rotatable bonds is 6. The third kappa shape index (κ3) is 5.61. The van der Waals surface area contributed by atoms with Crippen molar-refractivity contribution in [1.29, 1.82) is 0 Å². The molecule has 26 heavy (non-hydrogen) atoms. The normalized spacial score (nSPS) is 13.0. The number of likely N-dealkylation sites (N-methyl/N-ethyl adjacent to an activating group) is 1. The van der Waals surface area contributed by atoms with Crippen LogP contribution in [0.2, 0.25) is 15.1 Å². The van der Waals surface area contributed by atoms with Crippen molar-refractivity contribution in [2.75, 3.05) is 24.2 Å². The first-order valence-electron chi connectivity index (χ1n) is 7.90. The molecule has 5 nitrogen and oxygen atoms in total. The maximum atomic E-state index is 12.4. The van der Waals surface area contributed by atoms with Crippen LogP contribution in [0.3, 0.4) is 0 Å². The Kier molecular flexibility index (Phi) is 7.29. The van der Waals surface area contributed by atoms with Gasteiger partial charge in [0.1, 0.15) is 0 Å². The summed E-state index contributed by atoms with van der Waals surface area (Å²) in [5.74, 6) is -0.506. The van der Waals surface area contributed by atoms with E-state index in [1.54, 1.807) is 56.4 Å². The van der Waals surface area contributed by atoms with Gasteiger partial charge in [-0.1, -0.05) is 46.9 Å². The van der Waals surface area contributed by atoms with E-state index in [9.17, 15) is 9.59 Å². The van der Waals surface area contributed by atoms with Gasteiger partial charge in [-0.3, -0.25) is 9.59 Å². The Morgan fingerprint density at radius 3 is 2.35 bits per heavy atom. The lowest BCUT2D eigenvalue weighted by Crippen LogP contribution is -3.14. The fourth-order valence-electron chi connectivity index (χ4n) is 2.22. The third-order valence-corrected chi connectivity index (χ3v) is 4.80. The lowest BCUT2D eigenvalue weighted by atomic mass is 10.2. The number of nitrogens with one attached hydrogen (secondary N) is 3. The van der Waals surface area contributed by atoms with Crippen LogP contribution >= 0.6 is 34.8 Å². The molecule has 0 radical (unpaired) electrons. The van der Waals surface area contributed by atoms with Crippen LogP contribution in [0, 0.1) is 0 Å². The van der Waals surface area contributed by atoms with E-state index in [1.807, 2.05) is 0 Å². The second-order valence-electron chi connectivity index (χ2n) is 5.89. The van der Waals surface area contributed by atoms with Crippen LogP contribution in [0.1, 0.15) is 6.92 Å². The number of hydrogen-bond donors (Lipinski definition) is 3. The van der Waals surface area contributed by atoms with Gasteiger partial charge in [0.25, 0.3) is 11.8 Å². The summed E-state index contributed by atoms with van der Waals surface area (Å²) in [6, 6.07) is 11.3. The highest BCUT2D eigenvalue weighted by atomic mass is 35.5. The Balaban J connectivity index is 1.94. The number of carbonyl (C=O) groups excluding carboxylic acids is 2. The molecule has 0 spiro atoms. The predicted molar refractivity (Wildman–Crippen MR) is 106 cm³/mol. The monoisotopic (exact) mass is 414 g/mol. The van der Waals surface area contributed by atoms with Crippen molar-refractivity contribution in [3.05, 3.63) is 57.5 Å². The van der Waals surface area contributed by atoms with Crippen LogP contribution in [0.5, 0.6) is 0 Å². The van der Waals surface area contributed by atoms with E-state index in [2.05, 4.69) is 10.6 Å². The molecule has 138 valence electrons. The predicted octanol–water partition coefficient (Wildman–Crippen LogP) is 3.13. The minimum Gasteiger partial charge on any atom is -0.320 e. The summed E-state index contributed by atoms with van der Waals surface area (Å²) in [7, 11) is 1.76. The first kappa shape index (κ1) is 20.5. The number of carbonyl (C=O) groups is 2. The van der Waals surface area contributed by atoms with E-state index < -0.39 is 6.04 Å². The fraction of sp³-hybridized carbons (Fsp3) is 0.222. The van der Waals surface area contributed by atoms with E-state index in [0.717, 1.165) is 0 Å². The fourth-order valence-corrected chi connectivity index (χ4v) is 2.74. The highest BCUT2D eigenvalue weighted by molar-refractivity contribution is 6.35. The molecule has 2 atom stereocenters. The Bertz CT molecular complexity index is 814. The van der Waals surface area contributed by atoms with Gasteiger partial charge in [0.2, 0.25) is 0 Å². The van der Waals surface area contributed by atoms with E-state index >= 15 is 0 Å². The topological polar surface area (TPSA) is 62.6 Å². The Hall–Kier alpha value is -1.79. The van der Waals surface area contributed by atoms with Crippen molar-refractivity contribution in [3.8, 4) is 0 Å². The molecule has 0 bridgehead atoms. The van der Waals surface area contributed by atoms with Crippen molar-refractivity contribution in [1.82, 2.24) is 0 Å². The van der Waals surface area contributed by atoms with E-state index in [1.165, 1.54) is 0 Å². The standard InChI is InChI=1S/C18H18Cl3N3O2/c1-11(18(26)23-16-9-12(19)7-8-14(16)21)24(2)10-17(25)22-15-6-4-3-5-13(15)20/h3-9,11H,10H2,1-2H3,(H,22,25)(H,23,26)/p+1/t11-/m0/s1. The number of benzene rings is 2. The average molecular weight is 416 g/mol. The largest absolute Gasteiger partial charge is 0.320 e. The molecule has 0 saturated carbocycles. The van der Waals surface area contributed by atoms with Crippen LogP contribution < -0.4 is 15.5 Å². The molecular formula is C18H19Cl3N3O2+. The summed E-state index contributed by atoms with van der Waals surface area (Å²) in [5, 5.41) is 6.79. The van der Waals surface area contributed by atoms with Gasteiger partial charge >= 0.3 is 0 Å². The first-order valence-corrected chi connectivity index (χ1v) is 9.04. The van der Waals surface area contributed by atoms with Gasteiger partial charge in [0.15, 0.2) is 12.6 Å². The highest BCUT2D eigenvalue weighted by Crippen LogP contribution is 2.25. The van der Waals surface area contributed by atoms with Gasteiger partial charge in [-0.15, -0.1) is 0 Å². The SMILES string of the molecule is C[C@@H](C(=O)Nc1cc(Cl)ccc1Cl)[NH+](C)CC(=O)Nc1ccccc1Cl. The van der Waals surface area contributed by atoms with Crippen LogP contribution in [0.15, 0.2) is 42.5 Å². The molecule has 2 amide bonds.